The van der Waals surface area contributed by atoms with Gasteiger partial charge in [-0.2, -0.15) is 18.3 Å². The lowest BCUT2D eigenvalue weighted by atomic mass is 10.0. The van der Waals surface area contributed by atoms with E-state index in [4.69, 9.17) is 16.3 Å². The van der Waals surface area contributed by atoms with Crippen molar-refractivity contribution in [3.63, 3.8) is 0 Å². The Morgan fingerprint density at radius 2 is 1.79 bits per heavy atom. The summed E-state index contributed by atoms with van der Waals surface area (Å²) in [7, 11) is 0. The Labute approximate surface area is 243 Å². The Kier molecular flexibility index (Phi) is 7.36. The van der Waals surface area contributed by atoms with E-state index < -0.39 is 17.6 Å². The van der Waals surface area contributed by atoms with Gasteiger partial charge < -0.3 is 10.1 Å². The molecule has 0 spiro atoms. The highest BCUT2D eigenvalue weighted by atomic mass is 35.5. The monoisotopic (exact) mass is 593 g/mol. The summed E-state index contributed by atoms with van der Waals surface area (Å²) in [5.74, 6) is -0.253. The number of nitrogens with zero attached hydrogens (tertiary/aromatic N) is 2. The minimum absolute atomic E-state index is 0.120. The molecule has 4 aromatic carbocycles. The van der Waals surface area contributed by atoms with E-state index in [1.807, 2.05) is 6.07 Å². The number of aromatic nitrogens is 2. The van der Waals surface area contributed by atoms with Crippen molar-refractivity contribution < 1.29 is 27.1 Å². The van der Waals surface area contributed by atoms with Gasteiger partial charge in [-0.25, -0.2) is 4.39 Å². The average Bonchev–Trinajstić information content (AvgIpc) is 3.70. The van der Waals surface area contributed by atoms with Crippen LogP contribution in [0.4, 0.5) is 17.6 Å². The van der Waals surface area contributed by atoms with E-state index in [0.717, 1.165) is 30.5 Å². The lowest BCUT2D eigenvalue weighted by Gasteiger charge is -2.12. The molecule has 1 saturated carbocycles. The van der Waals surface area contributed by atoms with Gasteiger partial charge in [0.15, 0.2) is 0 Å². The number of alkyl halides is 3. The molecule has 0 saturated heterocycles. The quantitative estimate of drug-likeness (QED) is 0.185. The molecule has 0 aliphatic heterocycles. The molecule has 0 bridgehead atoms. The Balaban J connectivity index is 1.34. The van der Waals surface area contributed by atoms with Crippen molar-refractivity contribution in [1.82, 2.24) is 15.1 Å². The molecule has 42 heavy (non-hydrogen) atoms. The van der Waals surface area contributed by atoms with Crippen LogP contribution in [0.3, 0.4) is 0 Å². The van der Waals surface area contributed by atoms with Crippen LogP contribution >= 0.6 is 11.6 Å². The molecule has 1 fully saturated rings. The maximum Gasteiger partial charge on any atom is 0.418 e. The van der Waals surface area contributed by atoms with Gasteiger partial charge in [0.1, 0.15) is 23.7 Å². The zero-order valence-corrected chi connectivity index (χ0v) is 22.8. The molecule has 1 amide bonds. The largest absolute Gasteiger partial charge is 0.489 e. The van der Waals surface area contributed by atoms with Crippen LogP contribution < -0.4 is 10.1 Å². The third kappa shape index (κ3) is 5.97. The number of halogens is 5. The molecular weight excluding hydrogens is 570 g/mol. The second kappa shape index (κ2) is 11.1. The summed E-state index contributed by atoms with van der Waals surface area (Å²) in [5, 5.41) is 7.75. The first-order chi connectivity index (χ1) is 20.2. The first kappa shape index (κ1) is 27.8. The smallest absolute Gasteiger partial charge is 0.418 e. The Bertz CT molecular complexity index is 1800. The number of nitrogens with one attached hydrogen (secondary N) is 1. The molecule has 5 nitrogen and oxygen atoms in total. The first-order valence-corrected chi connectivity index (χ1v) is 13.7. The van der Waals surface area contributed by atoms with Gasteiger partial charge >= 0.3 is 6.18 Å². The van der Waals surface area contributed by atoms with E-state index in [1.54, 1.807) is 48.5 Å². The molecule has 0 unspecified atom stereocenters. The van der Waals surface area contributed by atoms with Crippen LogP contribution in [0.25, 0.3) is 22.2 Å². The molecule has 0 atom stereocenters. The molecule has 10 heteroatoms. The van der Waals surface area contributed by atoms with Crippen LogP contribution in [0.2, 0.25) is 5.02 Å². The van der Waals surface area contributed by atoms with E-state index in [-0.39, 0.29) is 46.6 Å². The van der Waals surface area contributed by atoms with Crippen molar-refractivity contribution >= 4 is 28.4 Å². The third-order valence-corrected chi connectivity index (χ3v) is 7.26. The second-order valence-corrected chi connectivity index (χ2v) is 10.6. The fourth-order valence-electron chi connectivity index (χ4n) is 4.81. The van der Waals surface area contributed by atoms with Crippen molar-refractivity contribution in [2.45, 2.75) is 38.2 Å². The number of hydrogen-bond donors (Lipinski definition) is 1. The van der Waals surface area contributed by atoms with Gasteiger partial charge in [0.25, 0.3) is 5.91 Å². The molecule has 5 aromatic rings. The fraction of sp³-hybridized carbons (Fsp3) is 0.188. The summed E-state index contributed by atoms with van der Waals surface area (Å²) in [5.41, 5.74) is 1.36. The molecule has 1 N–H and O–H groups in total. The minimum Gasteiger partial charge on any atom is -0.489 e. The Morgan fingerprint density at radius 1 is 1.00 bits per heavy atom. The van der Waals surface area contributed by atoms with Gasteiger partial charge in [-0.1, -0.05) is 54.1 Å². The highest BCUT2D eigenvalue weighted by molar-refractivity contribution is 6.30. The lowest BCUT2D eigenvalue weighted by molar-refractivity contribution is -0.136. The molecule has 6 rings (SSSR count). The number of carbonyl (C=O) groups excluding carboxylic acids is 1. The second-order valence-electron chi connectivity index (χ2n) is 10.2. The Hall–Kier alpha value is -4.37. The summed E-state index contributed by atoms with van der Waals surface area (Å²) < 4.78 is 63.8. The third-order valence-electron chi connectivity index (χ3n) is 7.03. The zero-order chi connectivity index (χ0) is 29.4. The summed E-state index contributed by atoms with van der Waals surface area (Å²) in [6, 6.07) is 22.3. The molecular formula is C32H24ClF4N3O2. The lowest BCUT2D eigenvalue weighted by Crippen LogP contribution is -2.25. The topological polar surface area (TPSA) is 56.1 Å². The van der Waals surface area contributed by atoms with Crippen LogP contribution in [0.5, 0.6) is 5.75 Å². The minimum atomic E-state index is -4.63. The number of amides is 1. The molecule has 214 valence electrons. The molecule has 1 aliphatic rings. The number of carbonyl (C=O) groups is 1. The van der Waals surface area contributed by atoms with E-state index in [1.165, 1.54) is 22.9 Å². The van der Waals surface area contributed by atoms with Crippen LogP contribution in [-0.2, 0) is 19.3 Å². The summed E-state index contributed by atoms with van der Waals surface area (Å²) in [4.78, 5) is 12.4. The number of fused-ring (bicyclic) bond motifs is 1. The molecule has 1 heterocycles. The van der Waals surface area contributed by atoms with Crippen molar-refractivity contribution in [2.75, 3.05) is 0 Å². The predicted octanol–water partition coefficient (Wildman–Crippen LogP) is 8.03. The average molecular weight is 594 g/mol. The van der Waals surface area contributed by atoms with Crippen molar-refractivity contribution in [2.24, 2.45) is 0 Å². The summed E-state index contributed by atoms with van der Waals surface area (Å²) in [6.45, 7) is 0.0489. The number of hydrogen-bond acceptors (Lipinski definition) is 3. The normalized spacial score (nSPS) is 13.4. The van der Waals surface area contributed by atoms with Gasteiger partial charge in [-0.15, -0.1) is 0 Å². The number of benzene rings is 4. The SMILES string of the molecule is O=C(NC1CC1)c1cccc(COc2cccc(-c3c4cccc(C(F)(F)F)c4nn3Cc3ccc(Cl)cc3F)c2)c1. The molecule has 1 aromatic heterocycles. The van der Waals surface area contributed by atoms with Crippen molar-refractivity contribution in [3.8, 4) is 17.0 Å². The fourth-order valence-corrected chi connectivity index (χ4v) is 4.97. The maximum absolute atomic E-state index is 14.7. The first-order valence-electron chi connectivity index (χ1n) is 13.3. The van der Waals surface area contributed by atoms with E-state index in [9.17, 15) is 22.4 Å². The van der Waals surface area contributed by atoms with E-state index in [0.29, 0.717) is 22.6 Å². The van der Waals surface area contributed by atoms with Crippen LogP contribution in [0, 0.1) is 5.82 Å². The Morgan fingerprint density at radius 3 is 2.55 bits per heavy atom. The maximum atomic E-state index is 14.7. The summed E-state index contributed by atoms with van der Waals surface area (Å²) >= 11 is 5.90. The van der Waals surface area contributed by atoms with Gasteiger partial charge in [0, 0.05) is 33.1 Å². The van der Waals surface area contributed by atoms with Crippen LogP contribution in [0.15, 0.2) is 84.9 Å². The molecule has 0 radical (unpaired) electrons. The zero-order valence-electron chi connectivity index (χ0n) is 22.1. The number of ether oxygens (including phenoxy) is 1. The predicted molar refractivity (Wildman–Crippen MR) is 152 cm³/mol. The van der Waals surface area contributed by atoms with Crippen LogP contribution in [-0.4, -0.2) is 21.7 Å². The number of rotatable bonds is 8. The molecule has 1 aliphatic carbocycles. The van der Waals surface area contributed by atoms with E-state index >= 15 is 0 Å². The highest BCUT2D eigenvalue weighted by Crippen LogP contribution is 2.39. The van der Waals surface area contributed by atoms with Gasteiger partial charge in [-0.05, 0) is 60.9 Å². The standard InChI is InChI=1S/C32H24ClF4N3O2/c33-23-11-10-22(28(34)16-23)17-40-30(26-8-3-9-27(29(26)39-40)32(35,36)37)20-5-2-7-25(15-20)42-18-19-4-1-6-21(14-19)31(41)38-24-12-13-24/h1-11,14-16,24H,12-13,17-18H2,(H,38,41). The van der Waals surface area contributed by atoms with Crippen LogP contribution in [0.1, 0.15) is 39.9 Å². The van der Waals surface area contributed by atoms with Gasteiger partial charge in [0.05, 0.1) is 17.8 Å². The summed E-state index contributed by atoms with van der Waals surface area (Å²) in [6.07, 6.45) is -2.65. The highest BCUT2D eigenvalue weighted by Gasteiger charge is 2.34. The van der Waals surface area contributed by atoms with Crippen molar-refractivity contribution in [3.05, 3.63) is 118 Å². The van der Waals surface area contributed by atoms with E-state index in [2.05, 4.69) is 10.4 Å². The van der Waals surface area contributed by atoms with Crippen molar-refractivity contribution in [1.29, 1.82) is 0 Å². The van der Waals surface area contributed by atoms with Gasteiger partial charge in [-0.3, -0.25) is 9.48 Å². The van der Waals surface area contributed by atoms with Gasteiger partial charge in [0.2, 0.25) is 0 Å².